The molecule has 6 heteroatoms. The fourth-order valence-corrected chi connectivity index (χ4v) is 2.71. The molecule has 90 valence electrons. The number of aryl methyl sites for hydroxylation is 1. The summed E-state index contributed by atoms with van der Waals surface area (Å²) in [6, 6.07) is 8.23. The smallest absolute Gasteiger partial charge is 0.223 e. The highest BCUT2D eigenvalue weighted by atomic mass is 32.2. The van der Waals surface area contributed by atoms with Gasteiger partial charge in [-0.15, -0.1) is 0 Å². The van der Waals surface area contributed by atoms with Gasteiger partial charge in [-0.05, 0) is 19.1 Å². The summed E-state index contributed by atoms with van der Waals surface area (Å²) in [4.78, 5) is 9.48. The number of nitrogens with zero attached hydrogens (tertiary/aromatic N) is 3. The minimum atomic E-state index is 0.252. The molecule has 0 aliphatic carbocycles. The number of fused-ring (bicyclic) bond motifs is 1. The molecule has 0 saturated carbocycles. The number of aromatic amines is 1. The first kappa shape index (κ1) is 11.0. The van der Waals surface area contributed by atoms with E-state index in [0.29, 0.717) is 5.65 Å². The van der Waals surface area contributed by atoms with Gasteiger partial charge in [0.1, 0.15) is 5.03 Å². The summed E-state index contributed by atoms with van der Waals surface area (Å²) in [5, 5.41) is 8.47. The standard InChI is InChI=1S/C12H11N5S/c1-7-3-2-4-8(5-7)18-11-9-6-14-17-10(9)15-12(13)16-11/h2-6H,1H3,(H3,13,14,15,16,17). The number of nitrogen functional groups attached to an aromatic ring is 1. The van der Waals surface area contributed by atoms with Gasteiger partial charge in [-0.2, -0.15) is 10.1 Å². The molecule has 0 atom stereocenters. The van der Waals surface area contributed by atoms with E-state index in [-0.39, 0.29) is 5.95 Å². The van der Waals surface area contributed by atoms with E-state index in [2.05, 4.69) is 39.2 Å². The van der Waals surface area contributed by atoms with Gasteiger partial charge in [-0.25, -0.2) is 4.98 Å². The van der Waals surface area contributed by atoms with Crippen LogP contribution < -0.4 is 5.73 Å². The fraction of sp³-hybridized carbons (Fsp3) is 0.0833. The van der Waals surface area contributed by atoms with Crippen molar-refractivity contribution in [1.82, 2.24) is 20.2 Å². The quantitative estimate of drug-likeness (QED) is 0.689. The van der Waals surface area contributed by atoms with Crippen molar-refractivity contribution in [2.45, 2.75) is 16.8 Å². The Balaban J connectivity index is 2.06. The third-order valence-electron chi connectivity index (χ3n) is 2.50. The Hall–Kier alpha value is -2.08. The van der Waals surface area contributed by atoms with E-state index in [1.54, 1.807) is 18.0 Å². The number of H-pyrrole nitrogens is 1. The maximum absolute atomic E-state index is 5.68. The summed E-state index contributed by atoms with van der Waals surface area (Å²) in [6.45, 7) is 2.06. The van der Waals surface area contributed by atoms with Gasteiger partial charge in [0, 0.05) is 4.90 Å². The average Bonchev–Trinajstić information content (AvgIpc) is 2.77. The molecule has 2 heterocycles. The van der Waals surface area contributed by atoms with Crippen molar-refractivity contribution in [3.63, 3.8) is 0 Å². The second-order valence-corrected chi connectivity index (χ2v) is 5.00. The molecule has 0 amide bonds. The summed E-state index contributed by atoms with van der Waals surface area (Å²) in [6.07, 6.45) is 1.72. The summed E-state index contributed by atoms with van der Waals surface area (Å²) in [5.74, 6) is 0.252. The van der Waals surface area contributed by atoms with Crippen LogP contribution in [0, 0.1) is 6.92 Å². The van der Waals surface area contributed by atoms with Crippen molar-refractivity contribution < 1.29 is 0 Å². The number of aromatic nitrogens is 4. The first-order chi connectivity index (χ1) is 8.72. The van der Waals surface area contributed by atoms with Gasteiger partial charge in [0.15, 0.2) is 5.65 Å². The van der Waals surface area contributed by atoms with Gasteiger partial charge in [0.05, 0.1) is 11.6 Å². The van der Waals surface area contributed by atoms with Crippen LogP contribution in [0.3, 0.4) is 0 Å². The molecule has 0 unspecified atom stereocenters. The van der Waals surface area contributed by atoms with Crippen LogP contribution in [-0.4, -0.2) is 20.2 Å². The van der Waals surface area contributed by atoms with Crippen molar-refractivity contribution in [3.8, 4) is 0 Å². The van der Waals surface area contributed by atoms with E-state index in [9.17, 15) is 0 Å². The third kappa shape index (κ3) is 2.02. The number of anilines is 1. The third-order valence-corrected chi connectivity index (χ3v) is 3.49. The summed E-state index contributed by atoms with van der Waals surface area (Å²) in [7, 11) is 0. The Labute approximate surface area is 108 Å². The van der Waals surface area contributed by atoms with Crippen molar-refractivity contribution >= 4 is 28.7 Å². The number of nitrogens with one attached hydrogen (secondary N) is 1. The van der Waals surface area contributed by atoms with Crippen LogP contribution in [0.25, 0.3) is 11.0 Å². The largest absolute Gasteiger partial charge is 0.368 e. The molecule has 0 fully saturated rings. The highest BCUT2D eigenvalue weighted by molar-refractivity contribution is 7.99. The molecule has 0 aliphatic rings. The molecule has 0 spiro atoms. The van der Waals surface area contributed by atoms with Crippen LogP contribution in [0.2, 0.25) is 0 Å². The van der Waals surface area contributed by atoms with E-state index in [1.807, 2.05) is 12.1 Å². The van der Waals surface area contributed by atoms with E-state index >= 15 is 0 Å². The van der Waals surface area contributed by atoms with Gasteiger partial charge in [0.25, 0.3) is 0 Å². The first-order valence-corrected chi connectivity index (χ1v) is 6.25. The van der Waals surface area contributed by atoms with Crippen molar-refractivity contribution in [1.29, 1.82) is 0 Å². The Morgan fingerprint density at radius 2 is 2.17 bits per heavy atom. The Bertz CT molecular complexity index is 707. The number of hydrogen-bond donors (Lipinski definition) is 2. The van der Waals surface area contributed by atoms with Crippen molar-refractivity contribution in [3.05, 3.63) is 36.0 Å². The molecule has 0 radical (unpaired) electrons. The highest BCUT2D eigenvalue weighted by Gasteiger charge is 2.09. The number of benzene rings is 1. The molecular weight excluding hydrogens is 246 g/mol. The normalized spacial score (nSPS) is 10.9. The van der Waals surface area contributed by atoms with Crippen LogP contribution in [-0.2, 0) is 0 Å². The Morgan fingerprint density at radius 3 is 3.00 bits per heavy atom. The molecule has 3 aromatic rings. The first-order valence-electron chi connectivity index (χ1n) is 5.43. The van der Waals surface area contributed by atoms with Crippen LogP contribution in [0.5, 0.6) is 0 Å². The fourth-order valence-electron chi connectivity index (χ4n) is 1.69. The molecule has 5 nitrogen and oxygen atoms in total. The molecule has 0 bridgehead atoms. The maximum atomic E-state index is 5.68. The zero-order valence-electron chi connectivity index (χ0n) is 9.71. The maximum Gasteiger partial charge on any atom is 0.223 e. The van der Waals surface area contributed by atoms with E-state index < -0.39 is 0 Å². The number of hydrogen-bond acceptors (Lipinski definition) is 5. The highest BCUT2D eigenvalue weighted by Crippen LogP contribution is 2.31. The summed E-state index contributed by atoms with van der Waals surface area (Å²) < 4.78 is 0. The minimum absolute atomic E-state index is 0.252. The topological polar surface area (TPSA) is 80.5 Å². The molecule has 0 saturated heterocycles. The second-order valence-electron chi connectivity index (χ2n) is 3.94. The molecule has 1 aromatic carbocycles. The van der Waals surface area contributed by atoms with Crippen LogP contribution in [0.1, 0.15) is 5.56 Å². The zero-order chi connectivity index (χ0) is 12.5. The minimum Gasteiger partial charge on any atom is -0.368 e. The molecule has 18 heavy (non-hydrogen) atoms. The van der Waals surface area contributed by atoms with Gasteiger partial charge in [0.2, 0.25) is 5.95 Å². The lowest BCUT2D eigenvalue weighted by atomic mass is 10.2. The predicted molar refractivity (Wildman–Crippen MR) is 71.4 cm³/mol. The SMILES string of the molecule is Cc1cccc(Sc2nc(N)nc3[nH]ncc23)c1. The zero-order valence-corrected chi connectivity index (χ0v) is 10.5. The molecule has 2 aromatic heterocycles. The van der Waals surface area contributed by atoms with Crippen molar-refractivity contribution in [2.75, 3.05) is 5.73 Å². The number of rotatable bonds is 2. The van der Waals surface area contributed by atoms with Gasteiger partial charge >= 0.3 is 0 Å². The molecule has 3 rings (SSSR count). The Morgan fingerprint density at radius 1 is 1.28 bits per heavy atom. The predicted octanol–water partition coefficient (Wildman–Crippen LogP) is 2.39. The van der Waals surface area contributed by atoms with Crippen LogP contribution in [0.15, 0.2) is 40.4 Å². The second kappa shape index (κ2) is 4.30. The van der Waals surface area contributed by atoms with Gasteiger partial charge in [-0.1, -0.05) is 29.5 Å². The lowest BCUT2D eigenvalue weighted by molar-refractivity contribution is 1.08. The van der Waals surface area contributed by atoms with Crippen molar-refractivity contribution in [2.24, 2.45) is 0 Å². The van der Waals surface area contributed by atoms with Gasteiger partial charge in [-0.3, -0.25) is 5.10 Å². The molecule has 0 aliphatic heterocycles. The Kier molecular flexibility index (Phi) is 2.64. The molecular formula is C12H11N5S. The molecule has 3 N–H and O–H groups in total. The van der Waals surface area contributed by atoms with E-state index in [4.69, 9.17) is 5.73 Å². The lowest BCUT2D eigenvalue weighted by Gasteiger charge is -2.03. The summed E-state index contributed by atoms with van der Waals surface area (Å²) >= 11 is 1.56. The lowest BCUT2D eigenvalue weighted by Crippen LogP contribution is -1.96. The average molecular weight is 257 g/mol. The monoisotopic (exact) mass is 257 g/mol. The van der Waals surface area contributed by atoms with Gasteiger partial charge < -0.3 is 5.73 Å². The number of nitrogens with two attached hydrogens (primary N) is 1. The van der Waals surface area contributed by atoms with E-state index in [1.165, 1.54) is 5.56 Å². The van der Waals surface area contributed by atoms with E-state index in [0.717, 1.165) is 15.3 Å². The van der Waals surface area contributed by atoms with Crippen LogP contribution >= 0.6 is 11.8 Å². The van der Waals surface area contributed by atoms with Crippen LogP contribution in [0.4, 0.5) is 5.95 Å². The summed E-state index contributed by atoms with van der Waals surface area (Å²) in [5.41, 5.74) is 7.56.